The smallest absolute Gasteiger partial charge is 0.412 e. The largest absolute Gasteiger partial charge is 0.444 e. The predicted molar refractivity (Wildman–Crippen MR) is 132 cm³/mol. The van der Waals surface area contributed by atoms with Gasteiger partial charge in [0.05, 0.1) is 12.6 Å². The summed E-state index contributed by atoms with van der Waals surface area (Å²) in [5, 5.41) is 6.44. The first kappa shape index (κ1) is 25.6. The molecule has 1 amide bonds. The van der Waals surface area contributed by atoms with Crippen molar-refractivity contribution >= 4 is 20.1 Å². The zero-order valence-electron chi connectivity index (χ0n) is 20.8. The van der Waals surface area contributed by atoms with Crippen LogP contribution >= 0.6 is 0 Å². The molecule has 2 atom stereocenters. The first-order valence-electron chi connectivity index (χ1n) is 11.5. The highest BCUT2D eigenvalue weighted by Gasteiger charge is 2.45. The maximum atomic E-state index is 11.9. The highest BCUT2D eigenvalue weighted by Crippen LogP contribution is 2.42. The summed E-state index contributed by atoms with van der Waals surface area (Å²) in [6.07, 6.45) is 3.98. The molecule has 1 aromatic rings. The van der Waals surface area contributed by atoms with E-state index >= 15 is 0 Å². The van der Waals surface area contributed by atoms with E-state index in [0.717, 1.165) is 11.3 Å². The fraction of sp³-hybridized carbons (Fsp3) is 0.640. The Bertz CT molecular complexity index is 729. The van der Waals surface area contributed by atoms with E-state index in [1.54, 1.807) is 0 Å². The molecule has 0 aromatic heterocycles. The van der Waals surface area contributed by atoms with Crippen LogP contribution in [0.4, 0.5) is 10.5 Å². The Balaban J connectivity index is 1.94. The third kappa shape index (κ3) is 6.67. The van der Waals surface area contributed by atoms with Crippen LogP contribution in [-0.4, -0.2) is 32.7 Å². The van der Waals surface area contributed by atoms with Crippen LogP contribution < -0.4 is 10.6 Å². The highest BCUT2D eigenvalue weighted by molar-refractivity contribution is 6.77. The minimum atomic E-state index is -1.86. The third-order valence-electron chi connectivity index (χ3n) is 6.06. The second kappa shape index (κ2) is 10.3. The van der Waals surface area contributed by atoms with E-state index in [-0.39, 0.29) is 12.1 Å². The summed E-state index contributed by atoms with van der Waals surface area (Å²) < 4.78 is 12.1. The molecule has 0 radical (unpaired) electrons. The van der Waals surface area contributed by atoms with Crippen molar-refractivity contribution in [2.45, 2.75) is 96.6 Å². The van der Waals surface area contributed by atoms with Crippen LogP contribution in [-0.2, 0) is 9.16 Å². The van der Waals surface area contributed by atoms with Crippen LogP contribution in [0.25, 0.3) is 0 Å². The molecule has 0 aliphatic carbocycles. The number of rotatable bonds is 8. The van der Waals surface area contributed by atoms with Gasteiger partial charge < -0.3 is 9.16 Å². The fourth-order valence-electron chi connectivity index (χ4n) is 4.83. The average Bonchev–Trinajstić information content (AvgIpc) is 3.09. The Morgan fingerprint density at radius 2 is 1.55 bits per heavy atom. The molecular weight excluding hydrogens is 404 g/mol. The predicted octanol–water partition coefficient (Wildman–Crippen LogP) is 6.79. The number of nitrogens with one attached hydrogen (secondary N) is 2. The molecule has 1 aliphatic rings. The maximum Gasteiger partial charge on any atom is 0.412 e. The summed E-state index contributed by atoms with van der Waals surface area (Å²) >= 11 is 0. The van der Waals surface area contributed by atoms with Gasteiger partial charge in [0, 0.05) is 11.7 Å². The Hall–Kier alpha value is -1.63. The number of carbonyl (C=O) groups excluding carboxylic acids is 1. The first-order chi connectivity index (χ1) is 14.3. The van der Waals surface area contributed by atoms with Crippen molar-refractivity contribution in [2.75, 3.05) is 11.9 Å². The summed E-state index contributed by atoms with van der Waals surface area (Å²) in [6.45, 7) is 20.2. The lowest BCUT2D eigenvalue weighted by Gasteiger charge is -2.42. The molecule has 174 valence electrons. The number of carbonyl (C=O) groups is 1. The first-order valence-corrected chi connectivity index (χ1v) is 13.7. The molecular formula is C25H42N2O3Si. The van der Waals surface area contributed by atoms with E-state index in [1.807, 2.05) is 45.0 Å². The molecule has 0 spiro atoms. The van der Waals surface area contributed by atoms with Gasteiger partial charge in [0.25, 0.3) is 0 Å². The zero-order chi connectivity index (χ0) is 23.4. The fourth-order valence-corrected chi connectivity index (χ4v) is 10.3. The summed E-state index contributed by atoms with van der Waals surface area (Å²) in [6, 6.07) is 8.26. The van der Waals surface area contributed by atoms with Crippen LogP contribution in [0.1, 0.15) is 73.9 Å². The van der Waals surface area contributed by atoms with E-state index in [0.29, 0.717) is 23.2 Å². The maximum absolute atomic E-state index is 11.9. The van der Waals surface area contributed by atoms with Crippen LogP contribution in [0.5, 0.6) is 0 Å². The standard InChI is InChI=1S/C25H42N2O3Si/c1-17(2)31(18(3)4,19(5)6)29-16-22-14-15-23(26-22)20-10-12-21(13-11-20)27-24(28)30-25(7,8)9/h10-15,17-19,22-23,26H,16H2,1-9H3,(H,27,28)/t22-,23+/m0/s1. The second-order valence-corrected chi connectivity index (χ2v) is 16.0. The van der Waals surface area contributed by atoms with Gasteiger partial charge in [-0.05, 0) is 55.1 Å². The monoisotopic (exact) mass is 446 g/mol. The van der Waals surface area contributed by atoms with E-state index in [9.17, 15) is 4.79 Å². The Kier molecular flexibility index (Phi) is 8.53. The molecule has 31 heavy (non-hydrogen) atoms. The lowest BCUT2D eigenvalue weighted by molar-refractivity contribution is 0.0636. The van der Waals surface area contributed by atoms with Gasteiger partial charge in [-0.2, -0.15) is 0 Å². The Morgan fingerprint density at radius 3 is 2.03 bits per heavy atom. The zero-order valence-corrected chi connectivity index (χ0v) is 21.8. The third-order valence-corrected chi connectivity index (χ3v) is 12.1. The molecule has 6 heteroatoms. The molecule has 0 fully saturated rings. The number of hydrogen-bond donors (Lipinski definition) is 2. The van der Waals surface area contributed by atoms with Gasteiger partial charge in [-0.25, -0.2) is 4.79 Å². The Labute approximate surface area is 190 Å². The SMILES string of the molecule is CC(C)[Si](OC[C@@H]1C=C[C@H](c2ccc(NC(=O)OC(C)(C)C)cc2)N1)(C(C)C)C(C)C. The molecule has 0 bridgehead atoms. The van der Waals surface area contributed by atoms with Gasteiger partial charge >= 0.3 is 6.09 Å². The number of hydrogen-bond acceptors (Lipinski definition) is 4. The van der Waals surface area contributed by atoms with Crippen LogP contribution in [0, 0.1) is 0 Å². The van der Waals surface area contributed by atoms with Crippen molar-refractivity contribution in [1.29, 1.82) is 0 Å². The van der Waals surface area contributed by atoms with Gasteiger partial charge in [0.1, 0.15) is 5.60 Å². The summed E-state index contributed by atoms with van der Waals surface area (Å²) in [5.74, 6) is 0. The number of amides is 1. The molecule has 0 saturated heterocycles. The van der Waals surface area contributed by atoms with E-state index < -0.39 is 20.0 Å². The van der Waals surface area contributed by atoms with Crippen LogP contribution in [0.2, 0.25) is 16.6 Å². The van der Waals surface area contributed by atoms with Gasteiger partial charge in [-0.3, -0.25) is 10.6 Å². The van der Waals surface area contributed by atoms with Crippen molar-refractivity contribution in [3.05, 3.63) is 42.0 Å². The van der Waals surface area contributed by atoms with Crippen LogP contribution in [0.15, 0.2) is 36.4 Å². The highest BCUT2D eigenvalue weighted by atomic mass is 28.4. The van der Waals surface area contributed by atoms with E-state index in [4.69, 9.17) is 9.16 Å². The van der Waals surface area contributed by atoms with Gasteiger partial charge in [0.15, 0.2) is 8.32 Å². The van der Waals surface area contributed by atoms with E-state index in [2.05, 4.69) is 64.3 Å². The quantitative estimate of drug-likeness (QED) is 0.341. The van der Waals surface area contributed by atoms with Crippen molar-refractivity contribution in [1.82, 2.24) is 5.32 Å². The topological polar surface area (TPSA) is 59.6 Å². The van der Waals surface area contributed by atoms with Crippen LogP contribution in [0.3, 0.4) is 0 Å². The number of ether oxygens (including phenoxy) is 1. The van der Waals surface area contributed by atoms with Crippen molar-refractivity contribution in [3.63, 3.8) is 0 Å². The van der Waals surface area contributed by atoms with Crippen molar-refractivity contribution in [2.24, 2.45) is 0 Å². The summed E-state index contributed by atoms with van der Waals surface area (Å²) in [5.41, 5.74) is 3.12. The summed E-state index contributed by atoms with van der Waals surface area (Å²) in [4.78, 5) is 11.9. The Morgan fingerprint density at radius 1 is 1.00 bits per heavy atom. The van der Waals surface area contributed by atoms with E-state index in [1.165, 1.54) is 0 Å². The summed E-state index contributed by atoms with van der Waals surface area (Å²) in [7, 11) is -1.86. The minimum Gasteiger partial charge on any atom is -0.444 e. The lowest BCUT2D eigenvalue weighted by Crippen LogP contribution is -2.49. The number of anilines is 1. The molecule has 1 heterocycles. The second-order valence-electron chi connectivity index (χ2n) is 10.5. The average molecular weight is 447 g/mol. The van der Waals surface area contributed by atoms with Crippen molar-refractivity contribution < 1.29 is 14.0 Å². The molecule has 2 N–H and O–H groups in total. The molecule has 5 nitrogen and oxygen atoms in total. The molecule has 1 aliphatic heterocycles. The molecule has 0 unspecified atom stereocenters. The van der Waals surface area contributed by atoms with Gasteiger partial charge in [0.2, 0.25) is 0 Å². The minimum absolute atomic E-state index is 0.150. The van der Waals surface area contributed by atoms with Gasteiger partial charge in [-0.15, -0.1) is 0 Å². The van der Waals surface area contributed by atoms with Gasteiger partial charge in [-0.1, -0.05) is 65.8 Å². The molecule has 0 saturated carbocycles. The van der Waals surface area contributed by atoms with Crippen molar-refractivity contribution in [3.8, 4) is 0 Å². The normalized spacial score (nSPS) is 19.5. The lowest BCUT2D eigenvalue weighted by atomic mass is 10.1. The number of benzene rings is 1. The molecule has 2 rings (SSSR count). The molecule has 1 aromatic carbocycles.